The third kappa shape index (κ3) is 3.03. The summed E-state index contributed by atoms with van der Waals surface area (Å²) in [5, 5.41) is 0. The van der Waals surface area contributed by atoms with Crippen LogP contribution in [0.4, 0.5) is 0 Å². The van der Waals surface area contributed by atoms with E-state index in [1.165, 1.54) is 4.90 Å². The van der Waals surface area contributed by atoms with Crippen LogP contribution in [-0.4, -0.2) is 4.98 Å². The summed E-state index contributed by atoms with van der Waals surface area (Å²) < 4.78 is 5.28. The molecule has 0 aliphatic carbocycles. The molecule has 0 saturated carbocycles. The lowest BCUT2D eigenvalue weighted by Gasteiger charge is -2.03. The van der Waals surface area contributed by atoms with Gasteiger partial charge in [-0.15, -0.1) is 23.4 Å². The van der Waals surface area contributed by atoms with Gasteiger partial charge in [0.1, 0.15) is 5.76 Å². The van der Waals surface area contributed by atoms with E-state index in [-0.39, 0.29) is 0 Å². The van der Waals surface area contributed by atoms with Crippen LogP contribution in [0.15, 0.2) is 39.8 Å². The second-order valence-corrected chi connectivity index (χ2v) is 4.75. The summed E-state index contributed by atoms with van der Waals surface area (Å²) in [7, 11) is 0. The second-order valence-electron chi connectivity index (χ2n) is 3.44. The molecule has 2 rings (SSSR count). The maximum Gasteiger partial charge on any atom is 0.113 e. The quantitative estimate of drug-likeness (QED) is 0.608. The number of furan rings is 1. The fourth-order valence-corrected chi connectivity index (χ4v) is 2.49. The SMILES string of the molecule is Cc1cc(SCc2ccco2)cc(CCl)n1. The molecule has 0 amide bonds. The molecule has 4 heteroatoms. The lowest BCUT2D eigenvalue weighted by atomic mass is 10.3. The van der Waals surface area contributed by atoms with E-state index in [4.69, 9.17) is 16.0 Å². The molecule has 0 radical (unpaired) electrons. The van der Waals surface area contributed by atoms with Crippen molar-refractivity contribution in [2.75, 3.05) is 0 Å². The van der Waals surface area contributed by atoms with Crippen LogP contribution >= 0.6 is 23.4 Å². The number of rotatable bonds is 4. The van der Waals surface area contributed by atoms with E-state index in [2.05, 4.69) is 11.1 Å². The van der Waals surface area contributed by atoms with Crippen molar-refractivity contribution >= 4 is 23.4 Å². The Morgan fingerprint density at radius 3 is 3.00 bits per heavy atom. The van der Waals surface area contributed by atoms with Crippen molar-refractivity contribution in [1.29, 1.82) is 0 Å². The molecular weight excluding hydrogens is 242 g/mol. The summed E-state index contributed by atoms with van der Waals surface area (Å²) >= 11 is 7.51. The van der Waals surface area contributed by atoms with Crippen LogP contribution in [0.2, 0.25) is 0 Å². The van der Waals surface area contributed by atoms with Crippen LogP contribution < -0.4 is 0 Å². The Morgan fingerprint density at radius 1 is 1.44 bits per heavy atom. The largest absolute Gasteiger partial charge is 0.468 e. The summed E-state index contributed by atoms with van der Waals surface area (Å²) in [5.41, 5.74) is 1.92. The summed E-state index contributed by atoms with van der Waals surface area (Å²) in [6.07, 6.45) is 1.69. The van der Waals surface area contributed by atoms with Crippen LogP contribution in [-0.2, 0) is 11.6 Å². The van der Waals surface area contributed by atoms with Crippen LogP contribution in [0, 0.1) is 6.92 Å². The number of nitrogens with zero attached hydrogens (tertiary/aromatic N) is 1. The lowest BCUT2D eigenvalue weighted by molar-refractivity contribution is 0.530. The smallest absolute Gasteiger partial charge is 0.113 e. The minimum atomic E-state index is 0.454. The van der Waals surface area contributed by atoms with Gasteiger partial charge >= 0.3 is 0 Å². The van der Waals surface area contributed by atoms with Gasteiger partial charge in [-0.3, -0.25) is 4.98 Å². The maximum atomic E-state index is 5.78. The topological polar surface area (TPSA) is 26.0 Å². The molecule has 0 aliphatic heterocycles. The number of aryl methyl sites for hydroxylation is 1. The predicted octanol–water partition coefficient (Wildman–Crippen LogP) is 4.01. The normalized spacial score (nSPS) is 10.6. The van der Waals surface area contributed by atoms with E-state index in [9.17, 15) is 0 Å². The molecule has 0 N–H and O–H groups in total. The van der Waals surface area contributed by atoms with Crippen molar-refractivity contribution in [2.45, 2.75) is 23.5 Å². The Balaban J connectivity index is 2.06. The number of hydrogen-bond acceptors (Lipinski definition) is 3. The molecule has 0 saturated heterocycles. The van der Waals surface area contributed by atoms with Gasteiger partial charge in [0.15, 0.2) is 0 Å². The average molecular weight is 254 g/mol. The number of hydrogen-bond donors (Lipinski definition) is 0. The molecular formula is C12H12ClNOS. The maximum absolute atomic E-state index is 5.78. The van der Waals surface area contributed by atoms with E-state index in [1.807, 2.05) is 25.1 Å². The van der Waals surface area contributed by atoms with E-state index < -0.39 is 0 Å². The number of thioether (sulfide) groups is 1. The van der Waals surface area contributed by atoms with E-state index in [0.717, 1.165) is 22.9 Å². The second kappa shape index (κ2) is 5.41. The first-order chi connectivity index (χ1) is 7.78. The van der Waals surface area contributed by atoms with Crippen LogP contribution in [0.3, 0.4) is 0 Å². The van der Waals surface area contributed by atoms with Gasteiger partial charge in [0.2, 0.25) is 0 Å². The molecule has 0 aliphatic rings. The Hall–Kier alpha value is -0.930. The summed E-state index contributed by atoms with van der Waals surface area (Å²) in [4.78, 5) is 5.51. The van der Waals surface area contributed by atoms with Gasteiger partial charge in [-0.2, -0.15) is 0 Å². The van der Waals surface area contributed by atoms with E-state index in [0.29, 0.717) is 5.88 Å². The Morgan fingerprint density at radius 2 is 2.31 bits per heavy atom. The highest BCUT2D eigenvalue weighted by atomic mass is 35.5. The zero-order valence-corrected chi connectivity index (χ0v) is 10.5. The van der Waals surface area contributed by atoms with Crippen molar-refractivity contribution in [3.8, 4) is 0 Å². The number of halogens is 1. The molecule has 2 aromatic heterocycles. The molecule has 0 aromatic carbocycles. The minimum absolute atomic E-state index is 0.454. The third-order valence-corrected chi connectivity index (χ3v) is 3.35. The first kappa shape index (κ1) is 11.6. The van der Waals surface area contributed by atoms with Gasteiger partial charge in [0.05, 0.1) is 23.6 Å². The highest BCUT2D eigenvalue weighted by Gasteiger charge is 2.02. The highest BCUT2D eigenvalue weighted by molar-refractivity contribution is 7.98. The number of alkyl halides is 1. The summed E-state index contributed by atoms with van der Waals surface area (Å²) in [5.74, 6) is 2.26. The Kier molecular flexibility index (Phi) is 3.91. The van der Waals surface area contributed by atoms with Crippen LogP contribution in [0.25, 0.3) is 0 Å². The predicted molar refractivity (Wildman–Crippen MR) is 66.8 cm³/mol. The molecule has 0 fully saturated rings. The number of pyridine rings is 1. The third-order valence-electron chi connectivity index (χ3n) is 2.08. The first-order valence-electron chi connectivity index (χ1n) is 4.96. The Labute approximate surface area is 104 Å². The highest BCUT2D eigenvalue weighted by Crippen LogP contribution is 2.24. The van der Waals surface area contributed by atoms with E-state index >= 15 is 0 Å². The summed E-state index contributed by atoms with van der Waals surface area (Å²) in [6, 6.07) is 7.96. The van der Waals surface area contributed by atoms with Crippen LogP contribution in [0.5, 0.6) is 0 Å². The van der Waals surface area contributed by atoms with Gasteiger partial charge in [-0.25, -0.2) is 0 Å². The van der Waals surface area contributed by atoms with Gasteiger partial charge in [-0.05, 0) is 31.2 Å². The molecule has 2 nitrogen and oxygen atoms in total. The molecule has 0 atom stereocenters. The van der Waals surface area contributed by atoms with Crippen molar-refractivity contribution in [2.24, 2.45) is 0 Å². The Bertz CT molecular complexity index is 456. The molecule has 2 heterocycles. The first-order valence-corrected chi connectivity index (χ1v) is 6.48. The molecule has 0 spiro atoms. The molecule has 0 unspecified atom stereocenters. The fourth-order valence-electron chi connectivity index (χ4n) is 1.40. The fraction of sp³-hybridized carbons (Fsp3) is 0.250. The zero-order valence-electron chi connectivity index (χ0n) is 8.94. The van der Waals surface area contributed by atoms with Crippen LogP contribution in [0.1, 0.15) is 17.1 Å². The van der Waals surface area contributed by atoms with Crippen molar-refractivity contribution in [3.63, 3.8) is 0 Å². The molecule has 0 bridgehead atoms. The van der Waals surface area contributed by atoms with Gasteiger partial charge < -0.3 is 4.42 Å². The van der Waals surface area contributed by atoms with Crippen molar-refractivity contribution < 1.29 is 4.42 Å². The van der Waals surface area contributed by atoms with Gasteiger partial charge in [-0.1, -0.05) is 0 Å². The average Bonchev–Trinajstić information content (AvgIpc) is 2.78. The van der Waals surface area contributed by atoms with Gasteiger partial charge in [0, 0.05) is 10.6 Å². The number of aromatic nitrogens is 1. The van der Waals surface area contributed by atoms with Crippen molar-refractivity contribution in [3.05, 3.63) is 47.7 Å². The summed E-state index contributed by atoms with van der Waals surface area (Å²) in [6.45, 7) is 1.98. The minimum Gasteiger partial charge on any atom is -0.468 e. The monoisotopic (exact) mass is 253 g/mol. The molecule has 2 aromatic rings. The molecule has 16 heavy (non-hydrogen) atoms. The zero-order chi connectivity index (χ0) is 11.4. The standard InChI is InChI=1S/C12H12ClNOS/c1-9-5-12(6-10(7-13)14-9)16-8-11-3-2-4-15-11/h2-6H,7-8H2,1H3. The van der Waals surface area contributed by atoms with Gasteiger partial charge in [0.25, 0.3) is 0 Å². The lowest BCUT2D eigenvalue weighted by Crippen LogP contribution is -1.90. The molecule has 84 valence electrons. The van der Waals surface area contributed by atoms with E-state index in [1.54, 1.807) is 18.0 Å². The van der Waals surface area contributed by atoms with Crippen molar-refractivity contribution in [1.82, 2.24) is 4.98 Å².